The van der Waals surface area contributed by atoms with Crippen molar-refractivity contribution in [2.75, 3.05) is 6.54 Å². The van der Waals surface area contributed by atoms with Gasteiger partial charge in [-0.3, -0.25) is 0 Å². The van der Waals surface area contributed by atoms with Crippen molar-refractivity contribution in [3.63, 3.8) is 0 Å². The van der Waals surface area contributed by atoms with Crippen LogP contribution < -0.4 is 0 Å². The Kier molecular flexibility index (Phi) is 3.13. The third kappa shape index (κ3) is 2.37. The fourth-order valence-electron chi connectivity index (χ4n) is 1.96. The molecule has 0 N–H and O–H groups in total. The average molecular weight is 229 g/mol. The SMILES string of the molecule is CC(C)(C)C(=S)N1CC[C@@H]1[Si](C)(C)C. The summed E-state index contributed by atoms with van der Waals surface area (Å²) in [5.41, 5.74) is 0.947. The summed E-state index contributed by atoms with van der Waals surface area (Å²) in [5, 5.41) is 0. The summed E-state index contributed by atoms with van der Waals surface area (Å²) in [6.45, 7) is 15.2. The Balaban J connectivity index is 2.69. The predicted octanol–water partition coefficient (Wildman–Crippen LogP) is 3.31. The molecule has 1 fully saturated rings. The highest BCUT2D eigenvalue weighted by atomic mass is 32.1. The summed E-state index contributed by atoms with van der Waals surface area (Å²) in [6.07, 6.45) is 1.35. The van der Waals surface area contributed by atoms with Crippen molar-refractivity contribution in [2.24, 2.45) is 5.41 Å². The standard InChI is InChI=1S/C11H23NSSi/c1-11(2,3)10(13)12-8-7-9(12)14(4,5)6/h9H,7-8H2,1-6H3/t9-/m0/s1. The fraction of sp³-hybridized carbons (Fsp3) is 0.909. The number of hydrogen-bond donors (Lipinski definition) is 0. The smallest absolute Gasteiger partial charge is 0.0833 e. The molecule has 0 saturated carbocycles. The maximum Gasteiger partial charge on any atom is 0.0833 e. The minimum Gasteiger partial charge on any atom is -0.366 e. The molecule has 1 rings (SSSR count). The molecule has 0 aliphatic carbocycles. The van der Waals surface area contributed by atoms with Crippen molar-refractivity contribution in [3.8, 4) is 0 Å². The summed E-state index contributed by atoms with van der Waals surface area (Å²) in [5.74, 6) is 0. The number of thiocarbonyl (C=S) groups is 1. The quantitative estimate of drug-likeness (QED) is 0.501. The van der Waals surface area contributed by atoms with E-state index in [0.717, 1.165) is 10.7 Å². The van der Waals surface area contributed by atoms with Crippen molar-refractivity contribution in [1.29, 1.82) is 0 Å². The van der Waals surface area contributed by atoms with Gasteiger partial charge in [-0.1, -0.05) is 52.6 Å². The van der Waals surface area contributed by atoms with Gasteiger partial charge in [-0.2, -0.15) is 0 Å². The molecule has 0 aromatic heterocycles. The first-order chi connectivity index (χ1) is 6.14. The van der Waals surface area contributed by atoms with E-state index >= 15 is 0 Å². The van der Waals surface area contributed by atoms with Gasteiger partial charge in [-0.25, -0.2) is 0 Å². The highest BCUT2D eigenvalue weighted by Gasteiger charge is 2.41. The van der Waals surface area contributed by atoms with E-state index in [0.29, 0.717) is 0 Å². The molecule has 0 unspecified atom stereocenters. The number of nitrogens with zero attached hydrogens (tertiary/aromatic N) is 1. The van der Waals surface area contributed by atoms with Crippen LogP contribution in [0.5, 0.6) is 0 Å². The van der Waals surface area contributed by atoms with Gasteiger partial charge in [0.2, 0.25) is 0 Å². The highest BCUT2D eigenvalue weighted by molar-refractivity contribution is 7.80. The van der Waals surface area contributed by atoms with Gasteiger partial charge in [0.25, 0.3) is 0 Å². The molecule has 0 spiro atoms. The molecule has 1 atom stereocenters. The first kappa shape index (κ1) is 12.2. The van der Waals surface area contributed by atoms with Gasteiger partial charge in [-0.05, 0) is 6.42 Å². The van der Waals surface area contributed by atoms with E-state index in [2.05, 4.69) is 45.3 Å². The molecule has 14 heavy (non-hydrogen) atoms. The summed E-state index contributed by atoms with van der Waals surface area (Å²) < 4.78 is 0. The zero-order chi connectivity index (χ0) is 11.1. The second-order valence-electron chi connectivity index (χ2n) is 6.42. The van der Waals surface area contributed by atoms with Crippen molar-refractivity contribution < 1.29 is 0 Å². The molecule has 0 amide bonds. The molecule has 0 radical (unpaired) electrons. The summed E-state index contributed by atoms with van der Waals surface area (Å²) in [7, 11) is -1.04. The van der Waals surface area contributed by atoms with E-state index in [1.54, 1.807) is 0 Å². The molecular weight excluding hydrogens is 206 g/mol. The second-order valence-corrected chi connectivity index (χ2v) is 12.2. The Hall–Kier alpha value is 0.107. The van der Waals surface area contributed by atoms with Crippen LogP contribution in [0.2, 0.25) is 19.6 Å². The molecule has 3 heteroatoms. The van der Waals surface area contributed by atoms with Crippen LogP contribution in [0.4, 0.5) is 0 Å². The zero-order valence-corrected chi connectivity index (χ0v) is 12.2. The lowest BCUT2D eigenvalue weighted by atomic mass is 9.94. The number of rotatable bonds is 1. The summed E-state index contributed by atoms with van der Waals surface area (Å²) in [4.78, 5) is 3.64. The lowest BCUT2D eigenvalue weighted by molar-refractivity contribution is 0.233. The average Bonchev–Trinajstić information content (AvgIpc) is 1.77. The molecule has 1 aliphatic heterocycles. The fourth-order valence-corrected chi connectivity index (χ4v) is 4.46. The number of hydrogen-bond acceptors (Lipinski definition) is 1. The Morgan fingerprint density at radius 1 is 1.29 bits per heavy atom. The summed E-state index contributed by atoms with van der Waals surface area (Å²) in [6, 6.07) is 0. The molecule has 0 aromatic carbocycles. The third-order valence-corrected chi connectivity index (χ3v) is 6.37. The van der Waals surface area contributed by atoms with E-state index in [-0.39, 0.29) is 5.41 Å². The van der Waals surface area contributed by atoms with Gasteiger partial charge in [0.1, 0.15) is 0 Å². The lowest BCUT2D eigenvalue weighted by Crippen LogP contribution is -2.63. The van der Waals surface area contributed by atoms with Crippen LogP contribution in [0.3, 0.4) is 0 Å². The lowest BCUT2D eigenvalue weighted by Gasteiger charge is -2.51. The van der Waals surface area contributed by atoms with Gasteiger partial charge >= 0.3 is 0 Å². The van der Waals surface area contributed by atoms with Crippen LogP contribution in [0.1, 0.15) is 27.2 Å². The molecule has 1 aliphatic rings. The largest absolute Gasteiger partial charge is 0.366 e. The monoisotopic (exact) mass is 229 g/mol. The van der Waals surface area contributed by atoms with Crippen molar-refractivity contribution in [3.05, 3.63) is 0 Å². The molecule has 0 aromatic rings. The predicted molar refractivity (Wildman–Crippen MR) is 70.5 cm³/mol. The van der Waals surface area contributed by atoms with Gasteiger partial charge in [0, 0.05) is 17.6 Å². The Morgan fingerprint density at radius 3 is 2.00 bits per heavy atom. The minimum absolute atomic E-state index is 0.160. The summed E-state index contributed by atoms with van der Waals surface area (Å²) >= 11 is 5.56. The Morgan fingerprint density at radius 2 is 1.79 bits per heavy atom. The van der Waals surface area contributed by atoms with E-state index in [9.17, 15) is 0 Å². The first-order valence-electron chi connectivity index (χ1n) is 5.45. The van der Waals surface area contributed by atoms with Crippen molar-refractivity contribution in [2.45, 2.75) is 52.5 Å². The zero-order valence-electron chi connectivity index (χ0n) is 10.3. The topological polar surface area (TPSA) is 3.24 Å². The molecular formula is C11H23NSSi. The van der Waals surface area contributed by atoms with Crippen LogP contribution in [-0.4, -0.2) is 30.2 Å². The van der Waals surface area contributed by atoms with Crippen LogP contribution >= 0.6 is 12.2 Å². The minimum atomic E-state index is -1.04. The highest BCUT2D eigenvalue weighted by Crippen LogP contribution is 2.32. The Bertz CT molecular complexity index is 237. The van der Waals surface area contributed by atoms with Crippen molar-refractivity contribution >= 4 is 25.3 Å². The molecule has 1 saturated heterocycles. The van der Waals surface area contributed by atoms with Gasteiger partial charge in [0.15, 0.2) is 0 Å². The maximum atomic E-state index is 5.56. The molecule has 1 heterocycles. The van der Waals surface area contributed by atoms with E-state index in [4.69, 9.17) is 12.2 Å². The van der Waals surface area contributed by atoms with E-state index in [1.165, 1.54) is 13.0 Å². The number of likely N-dealkylation sites (tertiary alicyclic amines) is 1. The van der Waals surface area contributed by atoms with Gasteiger partial charge in [-0.15, -0.1) is 0 Å². The molecule has 0 bridgehead atoms. The molecule has 82 valence electrons. The molecule has 1 nitrogen and oxygen atoms in total. The Labute approximate surface area is 94.9 Å². The van der Waals surface area contributed by atoms with Crippen molar-refractivity contribution in [1.82, 2.24) is 4.90 Å². The van der Waals surface area contributed by atoms with Crippen LogP contribution in [0, 0.1) is 5.41 Å². The van der Waals surface area contributed by atoms with Gasteiger partial charge < -0.3 is 4.90 Å². The van der Waals surface area contributed by atoms with Gasteiger partial charge in [0.05, 0.1) is 13.1 Å². The second kappa shape index (κ2) is 3.60. The van der Waals surface area contributed by atoms with Crippen LogP contribution in [0.15, 0.2) is 0 Å². The van der Waals surface area contributed by atoms with E-state index < -0.39 is 8.07 Å². The maximum absolute atomic E-state index is 5.56. The van der Waals surface area contributed by atoms with Crippen LogP contribution in [0.25, 0.3) is 0 Å². The van der Waals surface area contributed by atoms with E-state index in [1.807, 2.05) is 0 Å². The first-order valence-corrected chi connectivity index (χ1v) is 9.43. The normalized spacial score (nSPS) is 23.3. The van der Waals surface area contributed by atoms with Crippen LogP contribution in [-0.2, 0) is 0 Å². The third-order valence-electron chi connectivity index (χ3n) is 2.92.